The Bertz CT molecular complexity index is 1950. The highest BCUT2D eigenvalue weighted by molar-refractivity contribution is 6.33. The first-order valence-electron chi connectivity index (χ1n) is 21.3. The summed E-state index contributed by atoms with van der Waals surface area (Å²) in [6.45, 7) is 5.96. The number of benzene rings is 3. The molecule has 0 aromatic heterocycles. The molecule has 0 saturated heterocycles. The summed E-state index contributed by atoms with van der Waals surface area (Å²) in [4.78, 5) is 40.7. The van der Waals surface area contributed by atoms with Crippen molar-refractivity contribution >= 4 is 52.2 Å². The Hall–Kier alpha value is -4.15. The summed E-state index contributed by atoms with van der Waals surface area (Å²) >= 11 is 11.6. The number of aliphatic hydroxyl groups is 3. The van der Waals surface area contributed by atoms with Gasteiger partial charge in [-0.1, -0.05) is 13.0 Å². The molecule has 4 aliphatic carbocycles. The number of ether oxygens (including phenoxy) is 1. The number of carbonyl (C=O) groups excluding carboxylic acids is 3. The lowest BCUT2D eigenvalue weighted by Gasteiger charge is -2.50. The van der Waals surface area contributed by atoms with Crippen LogP contribution in [0.4, 0.5) is 16.2 Å². The number of phenolic OH excluding ortho intramolecular Hbond substituents is 2. The number of amides is 1. The summed E-state index contributed by atoms with van der Waals surface area (Å²) in [5, 5.41) is 61.1. The number of aryl methyl sites for hydroxylation is 1. The standard InChI is InChI=1S/C23H31Cl2NO3.C22H28N4O6/c1-23-9-8-18-17-5-3-16(29-22(28)26(12-10-24)13-11-25)14-15(17)2-4-19(18)20(23)6-7-21(23)27;27-11-9-23-5-7-25-13-1-2-14(26-8-6-24-10-12-28)18-17(13)21(31)19-15(29)3-4-16(30)20(19)22(18)32/h3,5,14,18-21,27H,2,4,6-13H2,1H3;1-4,23-30H,5-12H2/t18-,19-,20+,21+,23+;/m1./s1. The normalized spacial score (nSPS) is 22.1. The van der Waals surface area contributed by atoms with Crippen molar-refractivity contribution in [1.29, 1.82) is 0 Å². The SMILES string of the molecule is C[C@]12CC[C@@H]3c4ccc(OC(=O)N(CCCl)CCCl)cc4CC[C@H]3[C@@H]1CC[C@@H]2O.O=C1c2c(O)ccc(O)c2C(=O)c2c(NCCNCCO)ccc(NCCNCCO)c21. The van der Waals surface area contributed by atoms with Gasteiger partial charge in [0.25, 0.3) is 0 Å². The Morgan fingerprint density at radius 1 is 0.770 bits per heavy atom. The summed E-state index contributed by atoms with van der Waals surface area (Å²) in [5.41, 5.74) is 3.50. The maximum atomic E-state index is 13.4. The number of anilines is 2. The molecule has 61 heavy (non-hydrogen) atoms. The van der Waals surface area contributed by atoms with Crippen LogP contribution in [0.25, 0.3) is 0 Å². The van der Waals surface area contributed by atoms with Crippen molar-refractivity contribution in [1.82, 2.24) is 15.5 Å². The Morgan fingerprint density at radius 3 is 1.89 bits per heavy atom. The summed E-state index contributed by atoms with van der Waals surface area (Å²) < 4.78 is 5.62. The second kappa shape index (κ2) is 21.3. The highest BCUT2D eigenvalue weighted by atomic mass is 35.5. The van der Waals surface area contributed by atoms with E-state index in [0.29, 0.717) is 99.0 Å². The van der Waals surface area contributed by atoms with E-state index < -0.39 is 17.7 Å². The van der Waals surface area contributed by atoms with Gasteiger partial charge in [-0.05, 0) is 109 Å². The third-order valence-corrected chi connectivity index (χ3v) is 13.2. The second-order valence-corrected chi connectivity index (χ2v) is 17.1. The first-order valence-corrected chi connectivity index (χ1v) is 22.4. The molecule has 0 aliphatic heterocycles. The zero-order valence-corrected chi connectivity index (χ0v) is 36.2. The van der Waals surface area contributed by atoms with Crippen molar-refractivity contribution in [2.75, 3.05) is 88.0 Å². The predicted molar refractivity (Wildman–Crippen MR) is 236 cm³/mol. The Kier molecular flexibility index (Phi) is 16.2. The minimum atomic E-state index is -0.559. The molecule has 9 N–H and O–H groups in total. The average molecular weight is 885 g/mol. The largest absolute Gasteiger partial charge is 0.507 e. The van der Waals surface area contributed by atoms with E-state index in [9.17, 15) is 29.7 Å². The molecule has 0 spiro atoms. The molecular formula is C45H59Cl2N5O9. The van der Waals surface area contributed by atoms with E-state index in [2.05, 4.69) is 34.3 Å². The lowest BCUT2D eigenvalue weighted by atomic mass is 9.55. The van der Waals surface area contributed by atoms with Crippen LogP contribution in [0.3, 0.4) is 0 Å². The first-order chi connectivity index (χ1) is 29.5. The fraction of sp³-hybridized carbons (Fsp3) is 0.533. The number of halogens is 2. The fourth-order valence-electron chi connectivity index (χ4n) is 9.90. The van der Waals surface area contributed by atoms with Crippen LogP contribution >= 0.6 is 23.2 Å². The summed E-state index contributed by atoms with van der Waals surface area (Å²) in [5.74, 6) is 1.30. The molecule has 5 atom stereocenters. The van der Waals surface area contributed by atoms with Gasteiger partial charge >= 0.3 is 6.09 Å². The number of phenols is 2. The number of aliphatic hydroxyl groups excluding tert-OH is 3. The summed E-state index contributed by atoms with van der Waals surface area (Å²) in [6.07, 6.45) is 5.98. The molecule has 3 aromatic carbocycles. The lowest BCUT2D eigenvalue weighted by molar-refractivity contribution is -0.0226. The molecule has 0 radical (unpaired) electrons. The van der Waals surface area contributed by atoms with Gasteiger partial charge in [-0.3, -0.25) is 9.59 Å². The number of hydrogen-bond acceptors (Lipinski definition) is 13. The van der Waals surface area contributed by atoms with Crippen molar-refractivity contribution in [2.45, 2.75) is 57.5 Å². The number of rotatable bonds is 17. The third-order valence-electron chi connectivity index (χ3n) is 12.9. The molecule has 1 amide bonds. The number of carbonyl (C=O) groups is 3. The zero-order valence-electron chi connectivity index (χ0n) is 34.7. The van der Waals surface area contributed by atoms with E-state index in [1.165, 1.54) is 23.3 Å². The second-order valence-electron chi connectivity index (χ2n) is 16.4. The van der Waals surface area contributed by atoms with E-state index in [0.717, 1.165) is 38.5 Å². The molecule has 16 heteroatoms. The van der Waals surface area contributed by atoms with E-state index >= 15 is 0 Å². The maximum absolute atomic E-state index is 13.4. The van der Waals surface area contributed by atoms with Crippen LogP contribution < -0.4 is 26.0 Å². The number of alkyl halides is 2. The number of hydrogen-bond donors (Lipinski definition) is 9. The van der Waals surface area contributed by atoms with Crippen LogP contribution in [0.2, 0.25) is 0 Å². The van der Waals surface area contributed by atoms with Gasteiger partial charge in [0.05, 0.1) is 41.6 Å². The van der Waals surface area contributed by atoms with Gasteiger partial charge in [0.1, 0.15) is 17.2 Å². The van der Waals surface area contributed by atoms with Gasteiger partial charge in [-0.15, -0.1) is 23.2 Å². The van der Waals surface area contributed by atoms with Gasteiger partial charge in [0, 0.05) is 75.5 Å². The third kappa shape index (κ3) is 10.1. The van der Waals surface area contributed by atoms with Crippen molar-refractivity contribution in [3.63, 3.8) is 0 Å². The van der Waals surface area contributed by atoms with Crippen LogP contribution in [0.5, 0.6) is 17.2 Å². The van der Waals surface area contributed by atoms with Gasteiger partial charge < -0.3 is 56.4 Å². The van der Waals surface area contributed by atoms with Crippen LogP contribution in [-0.2, 0) is 6.42 Å². The van der Waals surface area contributed by atoms with Crippen LogP contribution in [0.15, 0.2) is 42.5 Å². The van der Waals surface area contributed by atoms with Crippen LogP contribution in [0, 0.1) is 17.3 Å². The number of fused-ring (bicyclic) bond motifs is 7. The minimum absolute atomic E-state index is 0.00939. The highest BCUT2D eigenvalue weighted by Gasteiger charge is 2.54. The topological polar surface area (TPSA) is 213 Å². The summed E-state index contributed by atoms with van der Waals surface area (Å²) in [6, 6.07) is 11.9. The van der Waals surface area contributed by atoms with Gasteiger partial charge in [0.2, 0.25) is 11.6 Å². The fourth-order valence-corrected chi connectivity index (χ4v) is 10.3. The predicted octanol–water partition coefficient (Wildman–Crippen LogP) is 5.04. The van der Waals surface area contributed by atoms with Gasteiger partial charge in [-0.25, -0.2) is 4.79 Å². The molecule has 0 unspecified atom stereocenters. The maximum Gasteiger partial charge on any atom is 0.415 e. The molecule has 0 bridgehead atoms. The first kappa shape index (κ1) is 46.4. The lowest BCUT2D eigenvalue weighted by Crippen LogP contribution is -2.43. The molecule has 332 valence electrons. The number of nitrogens with zero attached hydrogens (tertiary/aromatic N) is 1. The number of ketones is 2. The zero-order chi connectivity index (χ0) is 43.7. The van der Waals surface area contributed by atoms with Crippen LogP contribution in [0.1, 0.15) is 87.9 Å². The molecular weight excluding hydrogens is 825 g/mol. The Labute approximate surface area is 367 Å². The quantitative estimate of drug-likeness (QED) is 0.0387. The smallest absolute Gasteiger partial charge is 0.415 e. The van der Waals surface area contributed by atoms with Crippen LogP contribution in [-0.4, -0.2) is 132 Å². The average Bonchev–Trinajstić information content (AvgIpc) is 3.56. The van der Waals surface area contributed by atoms with Gasteiger partial charge in [-0.2, -0.15) is 0 Å². The molecule has 2 fully saturated rings. The Morgan fingerprint density at radius 2 is 1.34 bits per heavy atom. The highest BCUT2D eigenvalue weighted by Crippen LogP contribution is 2.61. The van der Waals surface area contributed by atoms with Crippen molar-refractivity contribution < 1.29 is 44.7 Å². The molecule has 7 rings (SSSR count). The summed E-state index contributed by atoms with van der Waals surface area (Å²) in [7, 11) is 0. The van der Waals surface area contributed by atoms with Gasteiger partial charge in [0.15, 0.2) is 0 Å². The van der Waals surface area contributed by atoms with E-state index in [1.54, 1.807) is 17.0 Å². The van der Waals surface area contributed by atoms with E-state index in [1.807, 2.05) is 12.1 Å². The number of aromatic hydroxyl groups is 2. The Balaban J connectivity index is 0.000000205. The molecule has 14 nitrogen and oxygen atoms in total. The van der Waals surface area contributed by atoms with Crippen molar-refractivity contribution in [3.05, 3.63) is 75.8 Å². The molecule has 4 aliphatic rings. The molecule has 3 aromatic rings. The monoisotopic (exact) mass is 883 g/mol. The van der Waals surface area contributed by atoms with E-state index in [-0.39, 0.29) is 58.5 Å². The van der Waals surface area contributed by atoms with Crippen molar-refractivity contribution in [2.24, 2.45) is 17.3 Å². The number of nitrogens with one attached hydrogen (secondary N) is 4. The van der Waals surface area contributed by atoms with E-state index in [4.69, 9.17) is 38.2 Å². The van der Waals surface area contributed by atoms with Crippen molar-refractivity contribution in [3.8, 4) is 17.2 Å². The minimum Gasteiger partial charge on any atom is -0.507 e. The molecule has 2 saturated carbocycles. The molecule has 0 heterocycles.